The van der Waals surface area contributed by atoms with E-state index in [1.54, 1.807) is 0 Å². The summed E-state index contributed by atoms with van der Waals surface area (Å²) in [4.78, 5) is 6.58. The standard InChI is InChI=1S/C14H20ClN3.HI/c1-14(2,11-6-4-5-7-12(11)15)10-17-13-16-8-9-18(13)3;/h4-7H,8-10H2,1-3H3,(H,16,17);1H. The van der Waals surface area contributed by atoms with Crippen LogP contribution in [0, 0.1) is 0 Å². The maximum absolute atomic E-state index is 6.26. The topological polar surface area (TPSA) is 27.6 Å². The Balaban J connectivity index is 0.00000180. The fourth-order valence-corrected chi connectivity index (χ4v) is 2.52. The Bertz CT molecular complexity index is 460. The number of aliphatic imine (C=N–C) groups is 1. The Morgan fingerprint density at radius 2 is 2.05 bits per heavy atom. The van der Waals surface area contributed by atoms with E-state index in [4.69, 9.17) is 11.6 Å². The first kappa shape index (κ1) is 16.6. The van der Waals surface area contributed by atoms with E-state index in [2.05, 4.69) is 42.2 Å². The van der Waals surface area contributed by atoms with E-state index in [1.165, 1.54) is 5.56 Å². The van der Waals surface area contributed by atoms with E-state index in [0.717, 1.165) is 30.6 Å². The maximum atomic E-state index is 6.26. The molecule has 0 aliphatic carbocycles. The molecule has 0 unspecified atom stereocenters. The van der Waals surface area contributed by atoms with Crippen molar-refractivity contribution in [2.24, 2.45) is 4.99 Å². The van der Waals surface area contributed by atoms with E-state index in [0.29, 0.717) is 0 Å². The first-order valence-electron chi connectivity index (χ1n) is 6.25. The van der Waals surface area contributed by atoms with Crippen LogP contribution in [-0.4, -0.2) is 37.5 Å². The zero-order chi connectivity index (χ0) is 13.2. The van der Waals surface area contributed by atoms with Crippen molar-refractivity contribution in [1.82, 2.24) is 10.2 Å². The number of hydrogen-bond acceptors (Lipinski definition) is 3. The molecule has 0 fully saturated rings. The van der Waals surface area contributed by atoms with Gasteiger partial charge in [-0.3, -0.25) is 4.99 Å². The highest BCUT2D eigenvalue weighted by molar-refractivity contribution is 14.0. The summed E-state index contributed by atoms with van der Waals surface area (Å²) in [6.45, 7) is 7.08. The molecule has 0 bridgehead atoms. The molecule has 1 heterocycles. The molecule has 1 aliphatic heterocycles. The summed E-state index contributed by atoms with van der Waals surface area (Å²) in [5.41, 5.74) is 1.14. The van der Waals surface area contributed by atoms with Gasteiger partial charge in [-0.1, -0.05) is 43.6 Å². The van der Waals surface area contributed by atoms with Crippen LogP contribution in [0.25, 0.3) is 0 Å². The number of halogens is 2. The maximum Gasteiger partial charge on any atom is 0.193 e. The third-order valence-corrected chi connectivity index (χ3v) is 3.68. The van der Waals surface area contributed by atoms with Gasteiger partial charge in [0.1, 0.15) is 0 Å². The minimum absolute atomic E-state index is 0. The zero-order valence-electron chi connectivity index (χ0n) is 11.6. The molecule has 0 aromatic heterocycles. The lowest BCUT2D eigenvalue weighted by molar-refractivity contribution is 0.481. The second-order valence-electron chi connectivity index (χ2n) is 5.34. The van der Waals surface area contributed by atoms with Gasteiger partial charge in [0.2, 0.25) is 0 Å². The average molecular weight is 394 g/mol. The molecule has 0 amide bonds. The van der Waals surface area contributed by atoms with Crippen molar-refractivity contribution >= 4 is 41.5 Å². The van der Waals surface area contributed by atoms with Gasteiger partial charge >= 0.3 is 0 Å². The Kier molecular flexibility index (Phi) is 5.92. The van der Waals surface area contributed by atoms with Gasteiger partial charge in [-0.25, -0.2) is 0 Å². The summed E-state index contributed by atoms with van der Waals surface area (Å²) in [5, 5.41) is 4.24. The first-order valence-corrected chi connectivity index (χ1v) is 6.63. The van der Waals surface area contributed by atoms with Crippen molar-refractivity contribution < 1.29 is 0 Å². The number of rotatable bonds is 3. The molecule has 0 atom stereocenters. The van der Waals surface area contributed by atoms with Gasteiger partial charge in [-0.2, -0.15) is 0 Å². The first-order chi connectivity index (χ1) is 8.50. The molecule has 1 aromatic carbocycles. The van der Waals surface area contributed by atoms with Gasteiger partial charge in [-0.15, -0.1) is 24.0 Å². The van der Waals surface area contributed by atoms with Gasteiger partial charge in [0, 0.05) is 30.6 Å². The summed E-state index contributed by atoms with van der Waals surface area (Å²) in [5.74, 6) is 0.982. The second-order valence-corrected chi connectivity index (χ2v) is 5.75. The van der Waals surface area contributed by atoms with Crippen molar-refractivity contribution in [3.8, 4) is 0 Å². The van der Waals surface area contributed by atoms with E-state index in [1.807, 2.05) is 18.2 Å². The summed E-state index contributed by atoms with van der Waals surface area (Å²) in [6.07, 6.45) is 0. The summed E-state index contributed by atoms with van der Waals surface area (Å²) in [6, 6.07) is 8.02. The van der Waals surface area contributed by atoms with Crippen LogP contribution in [-0.2, 0) is 5.41 Å². The van der Waals surface area contributed by atoms with E-state index < -0.39 is 0 Å². The molecule has 0 saturated heterocycles. The predicted molar refractivity (Wildman–Crippen MR) is 92.8 cm³/mol. The van der Waals surface area contributed by atoms with Crippen molar-refractivity contribution in [1.29, 1.82) is 0 Å². The smallest absolute Gasteiger partial charge is 0.193 e. The van der Waals surface area contributed by atoms with Crippen LogP contribution in [0.4, 0.5) is 0 Å². The van der Waals surface area contributed by atoms with Crippen LogP contribution < -0.4 is 5.32 Å². The summed E-state index contributed by atoms with van der Waals surface area (Å²) >= 11 is 6.26. The van der Waals surface area contributed by atoms with Crippen LogP contribution in [0.2, 0.25) is 5.02 Å². The number of likely N-dealkylation sites (N-methyl/N-ethyl adjacent to an activating group) is 1. The predicted octanol–water partition coefficient (Wildman–Crippen LogP) is 3.13. The Hall–Kier alpha value is -0.490. The van der Waals surface area contributed by atoms with Crippen LogP contribution in [0.1, 0.15) is 19.4 Å². The highest BCUT2D eigenvalue weighted by Crippen LogP contribution is 2.29. The number of hydrogen-bond donors (Lipinski definition) is 1. The summed E-state index contributed by atoms with van der Waals surface area (Å²) in [7, 11) is 2.06. The van der Waals surface area contributed by atoms with Crippen LogP contribution in [0.5, 0.6) is 0 Å². The number of nitrogens with one attached hydrogen (secondary N) is 1. The minimum atomic E-state index is -0.0235. The molecule has 106 valence electrons. The van der Waals surface area contributed by atoms with Crippen molar-refractivity contribution in [2.75, 3.05) is 26.7 Å². The van der Waals surface area contributed by atoms with E-state index in [-0.39, 0.29) is 29.4 Å². The number of benzene rings is 1. The molecule has 0 radical (unpaired) electrons. The van der Waals surface area contributed by atoms with Crippen molar-refractivity contribution in [2.45, 2.75) is 19.3 Å². The number of nitrogens with zero attached hydrogens (tertiary/aromatic N) is 2. The van der Waals surface area contributed by atoms with Crippen LogP contribution in [0.15, 0.2) is 29.3 Å². The molecule has 2 rings (SSSR count). The van der Waals surface area contributed by atoms with Crippen molar-refractivity contribution in [3.05, 3.63) is 34.9 Å². The van der Waals surface area contributed by atoms with Gasteiger partial charge in [0.05, 0.1) is 6.54 Å². The largest absolute Gasteiger partial charge is 0.355 e. The van der Waals surface area contributed by atoms with Gasteiger partial charge in [0.15, 0.2) is 5.96 Å². The average Bonchev–Trinajstić information content (AvgIpc) is 2.73. The Labute approximate surface area is 137 Å². The molecular formula is C14H21ClIN3. The SMILES string of the molecule is CN1CCN=C1NCC(C)(C)c1ccccc1Cl.I. The zero-order valence-corrected chi connectivity index (χ0v) is 14.7. The molecular weight excluding hydrogens is 373 g/mol. The van der Waals surface area contributed by atoms with Crippen LogP contribution >= 0.6 is 35.6 Å². The molecule has 19 heavy (non-hydrogen) atoms. The molecule has 5 heteroatoms. The lowest BCUT2D eigenvalue weighted by atomic mass is 9.84. The highest BCUT2D eigenvalue weighted by Gasteiger charge is 2.24. The quantitative estimate of drug-likeness (QED) is 0.799. The molecule has 0 saturated carbocycles. The second kappa shape index (κ2) is 6.79. The lowest BCUT2D eigenvalue weighted by Crippen LogP contribution is -2.42. The molecule has 3 nitrogen and oxygen atoms in total. The van der Waals surface area contributed by atoms with E-state index in [9.17, 15) is 0 Å². The van der Waals surface area contributed by atoms with Gasteiger partial charge in [-0.05, 0) is 11.6 Å². The van der Waals surface area contributed by atoms with Crippen LogP contribution in [0.3, 0.4) is 0 Å². The van der Waals surface area contributed by atoms with Gasteiger partial charge in [0.25, 0.3) is 0 Å². The van der Waals surface area contributed by atoms with Gasteiger partial charge < -0.3 is 10.2 Å². The highest BCUT2D eigenvalue weighted by atomic mass is 127. The minimum Gasteiger partial charge on any atom is -0.355 e. The molecule has 1 aliphatic rings. The monoisotopic (exact) mass is 393 g/mol. The normalized spacial score (nSPS) is 14.9. The Morgan fingerprint density at radius 3 is 2.63 bits per heavy atom. The third-order valence-electron chi connectivity index (χ3n) is 3.35. The molecule has 1 aromatic rings. The third kappa shape index (κ3) is 3.99. The Morgan fingerprint density at radius 1 is 1.37 bits per heavy atom. The molecule has 0 spiro atoms. The number of guanidine groups is 1. The fourth-order valence-electron chi connectivity index (χ4n) is 2.13. The van der Waals surface area contributed by atoms with Crippen molar-refractivity contribution in [3.63, 3.8) is 0 Å². The fraction of sp³-hybridized carbons (Fsp3) is 0.500. The summed E-state index contributed by atoms with van der Waals surface area (Å²) < 4.78 is 0. The molecule has 1 N–H and O–H groups in total. The lowest BCUT2D eigenvalue weighted by Gasteiger charge is -2.28. The van der Waals surface area contributed by atoms with E-state index >= 15 is 0 Å².